The summed E-state index contributed by atoms with van der Waals surface area (Å²) in [7, 11) is 0. The van der Waals surface area contributed by atoms with Crippen molar-refractivity contribution in [3.05, 3.63) is 65.2 Å². The van der Waals surface area contributed by atoms with Crippen LogP contribution in [0.5, 0.6) is 0 Å². The van der Waals surface area contributed by atoms with E-state index in [1.807, 2.05) is 61.5 Å². The van der Waals surface area contributed by atoms with Crippen LogP contribution in [0.1, 0.15) is 12.5 Å². The molecular formula is C16H16ClNOS. The first-order chi connectivity index (χ1) is 9.65. The molecule has 0 bridgehead atoms. The summed E-state index contributed by atoms with van der Waals surface area (Å²) in [6.07, 6.45) is 0. The van der Waals surface area contributed by atoms with E-state index in [1.165, 1.54) is 5.56 Å². The van der Waals surface area contributed by atoms with Crippen molar-refractivity contribution in [3.8, 4) is 0 Å². The minimum absolute atomic E-state index is 0.0233. The maximum Gasteiger partial charge on any atom is 0.237 e. The van der Waals surface area contributed by atoms with Gasteiger partial charge in [0.15, 0.2) is 0 Å². The van der Waals surface area contributed by atoms with E-state index >= 15 is 0 Å². The lowest BCUT2D eigenvalue weighted by Crippen LogP contribution is -2.22. The number of halogens is 1. The summed E-state index contributed by atoms with van der Waals surface area (Å²) in [5.41, 5.74) is 2.00. The van der Waals surface area contributed by atoms with E-state index in [0.29, 0.717) is 0 Å². The van der Waals surface area contributed by atoms with Crippen LogP contribution in [0.15, 0.2) is 54.6 Å². The van der Waals surface area contributed by atoms with Crippen LogP contribution in [0.3, 0.4) is 0 Å². The van der Waals surface area contributed by atoms with Gasteiger partial charge in [-0.15, -0.1) is 11.8 Å². The first-order valence-corrected chi connectivity index (χ1v) is 7.80. The number of nitrogens with one attached hydrogen (secondary N) is 1. The maximum atomic E-state index is 12.0. The van der Waals surface area contributed by atoms with Crippen LogP contribution < -0.4 is 5.32 Å². The van der Waals surface area contributed by atoms with Crippen molar-refractivity contribution in [2.75, 3.05) is 5.32 Å². The minimum atomic E-state index is -0.106. The van der Waals surface area contributed by atoms with Gasteiger partial charge in [-0.3, -0.25) is 4.79 Å². The number of benzene rings is 2. The molecule has 0 fully saturated rings. The number of amides is 1. The molecule has 0 spiro atoms. The zero-order valence-electron chi connectivity index (χ0n) is 11.2. The molecule has 0 radical (unpaired) electrons. The highest BCUT2D eigenvalue weighted by molar-refractivity contribution is 7.99. The van der Waals surface area contributed by atoms with Crippen molar-refractivity contribution >= 4 is 35.0 Å². The van der Waals surface area contributed by atoms with Crippen LogP contribution in [0.25, 0.3) is 0 Å². The molecule has 0 saturated carbocycles. The fourth-order valence-corrected chi connectivity index (χ4v) is 2.61. The van der Waals surface area contributed by atoms with Crippen molar-refractivity contribution in [2.24, 2.45) is 0 Å². The molecule has 2 aromatic rings. The zero-order chi connectivity index (χ0) is 14.4. The van der Waals surface area contributed by atoms with Crippen LogP contribution in [-0.2, 0) is 10.5 Å². The highest BCUT2D eigenvalue weighted by Crippen LogP contribution is 2.20. The van der Waals surface area contributed by atoms with Crippen LogP contribution >= 0.6 is 23.4 Å². The number of carbonyl (C=O) groups excluding carboxylic acids is 1. The van der Waals surface area contributed by atoms with Crippen molar-refractivity contribution in [2.45, 2.75) is 17.9 Å². The second kappa shape index (κ2) is 7.36. The normalized spacial score (nSPS) is 11.9. The Hall–Kier alpha value is -1.45. The number of rotatable bonds is 5. The Kier molecular flexibility index (Phi) is 5.50. The van der Waals surface area contributed by atoms with Gasteiger partial charge in [0.25, 0.3) is 0 Å². The number of hydrogen-bond acceptors (Lipinski definition) is 2. The quantitative estimate of drug-likeness (QED) is 0.874. The summed E-state index contributed by atoms with van der Waals surface area (Å²) in [5.74, 6) is 0.816. The molecule has 0 unspecified atom stereocenters. The van der Waals surface area contributed by atoms with E-state index in [0.717, 1.165) is 16.5 Å². The fourth-order valence-electron chi connectivity index (χ4n) is 1.64. The zero-order valence-corrected chi connectivity index (χ0v) is 12.7. The number of thioether (sulfide) groups is 1. The van der Waals surface area contributed by atoms with Gasteiger partial charge in [0, 0.05) is 16.5 Å². The summed E-state index contributed by atoms with van der Waals surface area (Å²) in [4.78, 5) is 12.0. The van der Waals surface area contributed by atoms with Crippen LogP contribution in [-0.4, -0.2) is 11.2 Å². The van der Waals surface area contributed by atoms with Crippen molar-refractivity contribution < 1.29 is 4.79 Å². The number of carbonyl (C=O) groups is 1. The van der Waals surface area contributed by atoms with E-state index in [2.05, 4.69) is 5.32 Å². The largest absolute Gasteiger partial charge is 0.325 e. The molecule has 0 saturated heterocycles. The van der Waals surface area contributed by atoms with E-state index in [4.69, 9.17) is 11.6 Å². The standard InChI is InChI=1S/C16H16ClNOS/c1-12(16(19)18-15-5-3-2-4-6-15)20-11-13-7-9-14(17)10-8-13/h2-10,12H,11H2,1H3,(H,18,19)/t12-/m1/s1. The van der Waals surface area contributed by atoms with Crippen molar-refractivity contribution in [1.82, 2.24) is 0 Å². The topological polar surface area (TPSA) is 29.1 Å². The summed E-state index contributed by atoms with van der Waals surface area (Å²) in [6.45, 7) is 1.92. The van der Waals surface area contributed by atoms with Gasteiger partial charge in [-0.1, -0.05) is 41.9 Å². The van der Waals surface area contributed by atoms with Gasteiger partial charge in [0.2, 0.25) is 5.91 Å². The molecule has 1 N–H and O–H groups in total. The van der Waals surface area contributed by atoms with Gasteiger partial charge >= 0.3 is 0 Å². The lowest BCUT2D eigenvalue weighted by atomic mass is 10.2. The van der Waals surface area contributed by atoms with Gasteiger partial charge in [0.05, 0.1) is 5.25 Å². The molecule has 20 heavy (non-hydrogen) atoms. The average Bonchev–Trinajstić information content (AvgIpc) is 2.47. The third kappa shape index (κ3) is 4.58. The molecule has 104 valence electrons. The molecule has 1 amide bonds. The summed E-state index contributed by atoms with van der Waals surface area (Å²) in [5, 5.41) is 3.53. The summed E-state index contributed by atoms with van der Waals surface area (Å²) < 4.78 is 0. The second-order valence-corrected chi connectivity index (χ2v) is 6.20. The van der Waals surface area contributed by atoms with Crippen molar-refractivity contribution in [1.29, 1.82) is 0 Å². The van der Waals surface area contributed by atoms with Gasteiger partial charge < -0.3 is 5.32 Å². The lowest BCUT2D eigenvalue weighted by molar-refractivity contribution is -0.115. The van der Waals surface area contributed by atoms with E-state index in [1.54, 1.807) is 11.8 Å². The van der Waals surface area contributed by atoms with Crippen molar-refractivity contribution in [3.63, 3.8) is 0 Å². The fraction of sp³-hybridized carbons (Fsp3) is 0.188. The Bertz CT molecular complexity index is 556. The summed E-state index contributed by atoms with van der Waals surface area (Å²) in [6, 6.07) is 17.2. The third-order valence-electron chi connectivity index (χ3n) is 2.82. The first kappa shape index (κ1) is 14.9. The van der Waals surface area contributed by atoms with Gasteiger partial charge in [-0.05, 0) is 36.8 Å². The Morgan fingerprint density at radius 3 is 2.45 bits per heavy atom. The number of para-hydroxylation sites is 1. The first-order valence-electron chi connectivity index (χ1n) is 6.37. The van der Waals surface area contributed by atoms with Gasteiger partial charge in [-0.2, -0.15) is 0 Å². The number of anilines is 1. The molecule has 1 atom stereocenters. The molecular weight excluding hydrogens is 290 g/mol. The van der Waals surface area contributed by atoms with Crippen LogP contribution in [0.4, 0.5) is 5.69 Å². The van der Waals surface area contributed by atoms with E-state index < -0.39 is 0 Å². The Morgan fingerprint density at radius 1 is 1.15 bits per heavy atom. The lowest BCUT2D eigenvalue weighted by Gasteiger charge is -2.12. The van der Waals surface area contributed by atoms with E-state index in [9.17, 15) is 4.79 Å². The predicted octanol–water partition coefficient (Wildman–Crippen LogP) is 4.60. The minimum Gasteiger partial charge on any atom is -0.325 e. The molecule has 4 heteroatoms. The monoisotopic (exact) mass is 305 g/mol. The second-order valence-electron chi connectivity index (χ2n) is 4.43. The average molecular weight is 306 g/mol. The number of hydrogen-bond donors (Lipinski definition) is 1. The molecule has 2 aromatic carbocycles. The molecule has 0 aliphatic heterocycles. The Labute approximate surface area is 128 Å². The Morgan fingerprint density at radius 2 is 1.80 bits per heavy atom. The van der Waals surface area contributed by atoms with Crippen LogP contribution in [0, 0.1) is 0 Å². The van der Waals surface area contributed by atoms with Gasteiger partial charge in [0.1, 0.15) is 0 Å². The molecule has 0 aliphatic rings. The maximum absolute atomic E-state index is 12.0. The highest BCUT2D eigenvalue weighted by Gasteiger charge is 2.13. The predicted molar refractivity (Wildman–Crippen MR) is 87.3 cm³/mol. The molecule has 0 aliphatic carbocycles. The Balaban J connectivity index is 1.83. The molecule has 0 aromatic heterocycles. The van der Waals surface area contributed by atoms with Gasteiger partial charge in [-0.25, -0.2) is 0 Å². The van der Waals surface area contributed by atoms with E-state index in [-0.39, 0.29) is 11.2 Å². The molecule has 2 nitrogen and oxygen atoms in total. The third-order valence-corrected chi connectivity index (χ3v) is 4.29. The molecule has 0 heterocycles. The smallest absolute Gasteiger partial charge is 0.237 e. The summed E-state index contributed by atoms with van der Waals surface area (Å²) >= 11 is 7.45. The molecule has 2 rings (SSSR count). The SMILES string of the molecule is C[C@@H](SCc1ccc(Cl)cc1)C(=O)Nc1ccccc1. The highest BCUT2D eigenvalue weighted by atomic mass is 35.5. The van der Waals surface area contributed by atoms with Crippen LogP contribution in [0.2, 0.25) is 5.02 Å².